The van der Waals surface area contributed by atoms with E-state index in [9.17, 15) is 9.90 Å². The Balaban J connectivity index is 2.60. The molecule has 0 saturated carbocycles. The van der Waals surface area contributed by atoms with Crippen molar-refractivity contribution in [3.63, 3.8) is 0 Å². The molecule has 1 aliphatic heterocycles. The number of hydrogen-bond acceptors (Lipinski definition) is 3. The van der Waals surface area contributed by atoms with Gasteiger partial charge in [0.25, 0.3) is 0 Å². The summed E-state index contributed by atoms with van der Waals surface area (Å²) >= 11 is 1.69. The highest BCUT2D eigenvalue weighted by Gasteiger charge is 2.42. The second-order valence-electron chi connectivity index (χ2n) is 5.01. The highest BCUT2D eigenvalue weighted by atomic mass is 32.2. The van der Waals surface area contributed by atoms with Gasteiger partial charge >= 0.3 is 5.97 Å². The Kier molecular flexibility index (Phi) is 5.12. The van der Waals surface area contributed by atoms with Crippen molar-refractivity contribution in [2.24, 2.45) is 5.92 Å². The van der Waals surface area contributed by atoms with Gasteiger partial charge in [-0.1, -0.05) is 13.8 Å². The molecule has 1 saturated heterocycles. The molecule has 0 bridgehead atoms. The molecule has 0 spiro atoms. The minimum absolute atomic E-state index is 0.0230. The van der Waals surface area contributed by atoms with E-state index in [0.29, 0.717) is 18.1 Å². The fourth-order valence-corrected chi connectivity index (χ4v) is 3.34. The SMILES string of the molecule is CC(C)CC(C)OC1(C(=O)O)CCCSC1. The maximum atomic E-state index is 11.4. The number of thioether (sulfide) groups is 1. The number of aliphatic carboxylic acids is 1. The maximum Gasteiger partial charge on any atom is 0.336 e. The topological polar surface area (TPSA) is 46.5 Å². The van der Waals surface area contributed by atoms with E-state index in [1.54, 1.807) is 11.8 Å². The van der Waals surface area contributed by atoms with E-state index in [0.717, 1.165) is 18.6 Å². The van der Waals surface area contributed by atoms with Gasteiger partial charge in [0.05, 0.1) is 6.10 Å². The molecule has 1 rings (SSSR count). The van der Waals surface area contributed by atoms with Crippen LogP contribution in [0.25, 0.3) is 0 Å². The number of carboxylic acid groups (broad SMARTS) is 1. The number of carbonyl (C=O) groups is 1. The first kappa shape index (κ1) is 13.8. The van der Waals surface area contributed by atoms with Crippen molar-refractivity contribution in [3.8, 4) is 0 Å². The lowest BCUT2D eigenvalue weighted by Gasteiger charge is -2.35. The van der Waals surface area contributed by atoms with Crippen molar-refractivity contribution >= 4 is 17.7 Å². The number of hydrogen-bond donors (Lipinski definition) is 1. The Labute approximate surface area is 102 Å². The second kappa shape index (κ2) is 5.92. The van der Waals surface area contributed by atoms with E-state index in [1.807, 2.05) is 6.92 Å². The van der Waals surface area contributed by atoms with E-state index in [-0.39, 0.29) is 6.10 Å². The van der Waals surface area contributed by atoms with E-state index in [2.05, 4.69) is 13.8 Å². The van der Waals surface area contributed by atoms with Crippen LogP contribution in [0.1, 0.15) is 40.0 Å². The van der Waals surface area contributed by atoms with Gasteiger partial charge in [-0.05, 0) is 37.9 Å². The molecule has 2 atom stereocenters. The van der Waals surface area contributed by atoms with Crippen LogP contribution in [0.4, 0.5) is 0 Å². The molecule has 0 radical (unpaired) electrons. The maximum absolute atomic E-state index is 11.4. The molecule has 16 heavy (non-hydrogen) atoms. The Hall–Kier alpha value is -0.220. The minimum atomic E-state index is -0.933. The van der Waals surface area contributed by atoms with E-state index >= 15 is 0 Å². The van der Waals surface area contributed by atoms with Gasteiger partial charge in [0.1, 0.15) is 0 Å². The van der Waals surface area contributed by atoms with Crippen LogP contribution in [0.2, 0.25) is 0 Å². The van der Waals surface area contributed by atoms with Gasteiger partial charge in [0.15, 0.2) is 5.60 Å². The summed E-state index contributed by atoms with van der Waals surface area (Å²) in [6.45, 7) is 6.23. The van der Waals surface area contributed by atoms with Crippen LogP contribution in [0.5, 0.6) is 0 Å². The molecule has 0 aliphatic carbocycles. The summed E-state index contributed by atoms with van der Waals surface area (Å²) in [4.78, 5) is 11.4. The number of ether oxygens (including phenoxy) is 1. The Morgan fingerprint density at radius 3 is 2.62 bits per heavy atom. The molecule has 2 unspecified atom stereocenters. The first-order valence-corrected chi connectivity index (χ1v) is 7.11. The monoisotopic (exact) mass is 246 g/mol. The molecule has 1 fully saturated rings. The fourth-order valence-electron chi connectivity index (χ4n) is 2.18. The predicted molar refractivity (Wildman–Crippen MR) is 66.9 cm³/mol. The molecular weight excluding hydrogens is 224 g/mol. The minimum Gasteiger partial charge on any atom is -0.479 e. The lowest BCUT2D eigenvalue weighted by atomic mass is 9.98. The molecule has 0 amide bonds. The van der Waals surface area contributed by atoms with Crippen LogP contribution in [-0.2, 0) is 9.53 Å². The summed E-state index contributed by atoms with van der Waals surface area (Å²) in [5.74, 6) is 1.38. The van der Waals surface area contributed by atoms with Crippen molar-refractivity contribution in [1.29, 1.82) is 0 Å². The fraction of sp³-hybridized carbons (Fsp3) is 0.917. The van der Waals surface area contributed by atoms with Gasteiger partial charge in [-0.25, -0.2) is 4.79 Å². The molecule has 1 aliphatic rings. The summed E-state index contributed by atoms with van der Waals surface area (Å²) in [6, 6.07) is 0. The molecule has 1 N–H and O–H groups in total. The van der Waals surface area contributed by atoms with Gasteiger partial charge in [-0.3, -0.25) is 0 Å². The highest BCUT2D eigenvalue weighted by molar-refractivity contribution is 7.99. The Bertz CT molecular complexity index is 234. The van der Waals surface area contributed by atoms with Crippen LogP contribution in [0.3, 0.4) is 0 Å². The molecule has 94 valence electrons. The molecule has 1 heterocycles. The largest absolute Gasteiger partial charge is 0.479 e. The van der Waals surface area contributed by atoms with Gasteiger partial charge in [-0.2, -0.15) is 11.8 Å². The van der Waals surface area contributed by atoms with Crippen LogP contribution >= 0.6 is 11.8 Å². The molecule has 0 aromatic carbocycles. The van der Waals surface area contributed by atoms with Gasteiger partial charge in [-0.15, -0.1) is 0 Å². The molecule has 3 nitrogen and oxygen atoms in total. The quantitative estimate of drug-likeness (QED) is 0.810. The van der Waals surface area contributed by atoms with E-state index < -0.39 is 11.6 Å². The first-order chi connectivity index (χ1) is 7.46. The smallest absolute Gasteiger partial charge is 0.336 e. The summed E-state index contributed by atoms with van der Waals surface area (Å²) in [7, 11) is 0. The summed E-state index contributed by atoms with van der Waals surface area (Å²) in [6.07, 6.45) is 2.53. The molecular formula is C12H22O3S. The standard InChI is InChI=1S/C12H22O3S/c1-9(2)7-10(3)15-12(11(13)14)5-4-6-16-8-12/h9-10H,4-8H2,1-3H3,(H,13,14). The van der Waals surface area contributed by atoms with Crippen LogP contribution in [0, 0.1) is 5.92 Å². The van der Waals surface area contributed by atoms with Crippen LogP contribution in [-0.4, -0.2) is 34.3 Å². The third-order valence-corrected chi connectivity index (χ3v) is 4.07. The average molecular weight is 246 g/mol. The van der Waals surface area contributed by atoms with Gasteiger partial charge in [0.2, 0.25) is 0 Å². The summed E-state index contributed by atoms with van der Waals surface area (Å²) in [5.41, 5.74) is -0.933. The highest BCUT2D eigenvalue weighted by Crippen LogP contribution is 2.32. The lowest BCUT2D eigenvalue weighted by molar-refractivity contribution is -0.171. The molecule has 4 heteroatoms. The van der Waals surface area contributed by atoms with Gasteiger partial charge < -0.3 is 9.84 Å². The van der Waals surface area contributed by atoms with Crippen LogP contribution in [0.15, 0.2) is 0 Å². The normalized spacial score (nSPS) is 28.0. The summed E-state index contributed by atoms with van der Waals surface area (Å²) in [5, 5.41) is 9.33. The summed E-state index contributed by atoms with van der Waals surface area (Å²) < 4.78 is 5.83. The average Bonchev–Trinajstić information content (AvgIpc) is 2.17. The van der Waals surface area contributed by atoms with Crippen LogP contribution < -0.4 is 0 Å². The molecule has 0 aromatic rings. The van der Waals surface area contributed by atoms with Crippen molar-refractivity contribution < 1.29 is 14.6 Å². The van der Waals surface area contributed by atoms with Crippen molar-refractivity contribution in [2.75, 3.05) is 11.5 Å². The third-order valence-electron chi connectivity index (χ3n) is 2.82. The van der Waals surface area contributed by atoms with Crippen molar-refractivity contribution in [1.82, 2.24) is 0 Å². The number of rotatable bonds is 5. The van der Waals surface area contributed by atoms with E-state index in [1.165, 1.54) is 0 Å². The number of carboxylic acids is 1. The lowest BCUT2D eigenvalue weighted by Crippen LogP contribution is -2.48. The predicted octanol–water partition coefficient (Wildman–Crippen LogP) is 2.79. The second-order valence-corrected chi connectivity index (χ2v) is 6.12. The first-order valence-electron chi connectivity index (χ1n) is 5.95. The van der Waals surface area contributed by atoms with E-state index in [4.69, 9.17) is 4.74 Å². The Morgan fingerprint density at radius 2 is 2.19 bits per heavy atom. The van der Waals surface area contributed by atoms with Gasteiger partial charge in [0, 0.05) is 5.75 Å². The zero-order valence-corrected chi connectivity index (χ0v) is 11.2. The van der Waals surface area contributed by atoms with Crippen molar-refractivity contribution in [3.05, 3.63) is 0 Å². The Morgan fingerprint density at radius 1 is 1.50 bits per heavy atom. The zero-order chi connectivity index (χ0) is 12.2. The third kappa shape index (κ3) is 3.67. The van der Waals surface area contributed by atoms with Crippen molar-refractivity contribution in [2.45, 2.75) is 51.7 Å². The zero-order valence-electron chi connectivity index (χ0n) is 10.4. The molecule has 0 aromatic heterocycles.